The molecule has 1 aromatic rings. The predicted molar refractivity (Wildman–Crippen MR) is 101 cm³/mol. The summed E-state index contributed by atoms with van der Waals surface area (Å²) in [7, 11) is 0. The number of hydrogen-bond donors (Lipinski definition) is 0. The van der Waals surface area contributed by atoms with Gasteiger partial charge >= 0.3 is 0 Å². The normalized spacial score (nSPS) is 31.9. The summed E-state index contributed by atoms with van der Waals surface area (Å²) in [6.45, 7) is 21.4. The molecule has 0 spiro atoms. The molecule has 5 atom stereocenters. The Morgan fingerprint density at radius 2 is 1.61 bits per heavy atom. The SMILES string of the molecule is Cc1cc(C(C)C)c2c(n1)[C@@H](C)[C@@H](C)[C@@H](C)[C@@H](C)CC2C(C)C. The lowest BCUT2D eigenvalue weighted by Crippen LogP contribution is -2.30. The van der Waals surface area contributed by atoms with Crippen molar-refractivity contribution in [3.8, 4) is 0 Å². The van der Waals surface area contributed by atoms with Crippen LogP contribution in [0.15, 0.2) is 6.07 Å². The van der Waals surface area contributed by atoms with Gasteiger partial charge in [0.15, 0.2) is 0 Å². The number of pyridine rings is 1. The van der Waals surface area contributed by atoms with E-state index in [1.165, 1.54) is 17.8 Å². The second-order valence-corrected chi connectivity index (χ2v) is 8.88. The van der Waals surface area contributed by atoms with Crippen LogP contribution >= 0.6 is 0 Å². The Kier molecular flexibility index (Phi) is 5.59. The second-order valence-electron chi connectivity index (χ2n) is 8.88. The molecule has 1 heteroatoms. The summed E-state index contributed by atoms with van der Waals surface area (Å²) in [5, 5.41) is 0. The van der Waals surface area contributed by atoms with Gasteiger partial charge in [-0.1, -0.05) is 55.4 Å². The third-order valence-corrected chi connectivity index (χ3v) is 6.62. The van der Waals surface area contributed by atoms with Gasteiger partial charge in [0, 0.05) is 17.3 Å². The molecule has 0 amide bonds. The smallest absolute Gasteiger partial charge is 0.0475 e. The van der Waals surface area contributed by atoms with Crippen LogP contribution in [-0.2, 0) is 0 Å². The van der Waals surface area contributed by atoms with Crippen LogP contribution in [0.1, 0.15) is 102 Å². The summed E-state index contributed by atoms with van der Waals surface area (Å²) in [4.78, 5) is 5.08. The van der Waals surface area contributed by atoms with E-state index in [2.05, 4.69) is 68.4 Å². The maximum Gasteiger partial charge on any atom is 0.0475 e. The molecule has 1 unspecified atom stereocenters. The van der Waals surface area contributed by atoms with Gasteiger partial charge in [-0.25, -0.2) is 0 Å². The summed E-state index contributed by atoms with van der Waals surface area (Å²) in [5.41, 5.74) is 5.74. The lowest BCUT2D eigenvalue weighted by molar-refractivity contribution is 0.204. The van der Waals surface area contributed by atoms with Gasteiger partial charge in [-0.05, 0) is 66.0 Å². The Hall–Kier alpha value is -0.850. The van der Waals surface area contributed by atoms with Crippen molar-refractivity contribution in [3.05, 3.63) is 28.6 Å². The van der Waals surface area contributed by atoms with E-state index in [1.807, 2.05) is 0 Å². The van der Waals surface area contributed by atoms with Crippen molar-refractivity contribution in [2.24, 2.45) is 23.7 Å². The van der Waals surface area contributed by atoms with Gasteiger partial charge in [0.05, 0.1) is 0 Å². The zero-order chi connectivity index (χ0) is 17.5. The lowest BCUT2D eigenvalue weighted by Gasteiger charge is -2.40. The first-order valence-corrected chi connectivity index (χ1v) is 9.66. The predicted octanol–water partition coefficient (Wildman–Crippen LogP) is 6.67. The molecule has 0 saturated heterocycles. The quantitative estimate of drug-likeness (QED) is 0.594. The fraction of sp³-hybridized carbons (Fsp3) is 0.773. The van der Waals surface area contributed by atoms with Crippen LogP contribution in [0.2, 0.25) is 0 Å². The van der Waals surface area contributed by atoms with Crippen molar-refractivity contribution in [2.75, 3.05) is 0 Å². The third-order valence-electron chi connectivity index (χ3n) is 6.62. The molecule has 1 nitrogen and oxygen atoms in total. The minimum Gasteiger partial charge on any atom is -0.258 e. The highest BCUT2D eigenvalue weighted by Crippen LogP contribution is 2.47. The molecule has 0 aromatic carbocycles. The number of rotatable bonds is 2. The molecule has 0 bridgehead atoms. The molecule has 0 fully saturated rings. The zero-order valence-corrected chi connectivity index (χ0v) is 16.8. The van der Waals surface area contributed by atoms with Crippen molar-refractivity contribution >= 4 is 0 Å². The van der Waals surface area contributed by atoms with E-state index in [0.717, 1.165) is 11.8 Å². The van der Waals surface area contributed by atoms with Crippen LogP contribution in [0, 0.1) is 30.6 Å². The Labute approximate surface area is 144 Å². The van der Waals surface area contributed by atoms with Crippen molar-refractivity contribution in [3.63, 3.8) is 0 Å². The number of aryl methyl sites for hydroxylation is 1. The average molecular weight is 316 g/mol. The van der Waals surface area contributed by atoms with E-state index in [0.29, 0.717) is 29.6 Å². The van der Waals surface area contributed by atoms with E-state index in [9.17, 15) is 0 Å². The van der Waals surface area contributed by atoms with Crippen molar-refractivity contribution in [2.45, 2.75) is 86.5 Å². The number of nitrogens with zero attached hydrogens (tertiary/aromatic N) is 1. The summed E-state index contributed by atoms with van der Waals surface area (Å²) < 4.78 is 0. The van der Waals surface area contributed by atoms with Gasteiger partial charge < -0.3 is 0 Å². The number of hydrogen-bond acceptors (Lipinski definition) is 1. The summed E-state index contributed by atoms with van der Waals surface area (Å²) in [5.74, 6) is 4.64. The van der Waals surface area contributed by atoms with Crippen LogP contribution in [0.4, 0.5) is 0 Å². The van der Waals surface area contributed by atoms with Crippen LogP contribution in [0.3, 0.4) is 0 Å². The fourth-order valence-electron chi connectivity index (χ4n) is 4.52. The molecule has 1 aliphatic rings. The molecule has 0 aliphatic heterocycles. The highest BCUT2D eigenvalue weighted by molar-refractivity contribution is 5.40. The molecule has 1 aromatic heterocycles. The van der Waals surface area contributed by atoms with Crippen molar-refractivity contribution in [1.29, 1.82) is 0 Å². The van der Waals surface area contributed by atoms with Crippen molar-refractivity contribution in [1.82, 2.24) is 4.98 Å². The Morgan fingerprint density at radius 3 is 2.13 bits per heavy atom. The number of aromatic nitrogens is 1. The maximum atomic E-state index is 5.08. The minimum atomic E-state index is 0.543. The maximum absolute atomic E-state index is 5.08. The molecule has 0 radical (unpaired) electrons. The highest BCUT2D eigenvalue weighted by atomic mass is 14.7. The van der Waals surface area contributed by atoms with Gasteiger partial charge in [-0.3, -0.25) is 4.98 Å². The zero-order valence-electron chi connectivity index (χ0n) is 16.8. The third kappa shape index (κ3) is 3.49. The molecule has 130 valence electrons. The monoisotopic (exact) mass is 315 g/mol. The first kappa shape index (κ1) is 18.5. The second kappa shape index (κ2) is 6.95. The molecule has 1 heterocycles. The van der Waals surface area contributed by atoms with Gasteiger partial charge in [0.2, 0.25) is 0 Å². The van der Waals surface area contributed by atoms with Crippen LogP contribution in [0.5, 0.6) is 0 Å². The van der Waals surface area contributed by atoms with Crippen LogP contribution in [-0.4, -0.2) is 4.98 Å². The molecule has 23 heavy (non-hydrogen) atoms. The van der Waals surface area contributed by atoms with Crippen molar-refractivity contribution < 1.29 is 0 Å². The van der Waals surface area contributed by atoms with Gasteiger partial charge in [0.1, 0.15) is 0 Å². The average Bonchev–Trinajstić information content (AvgIpc) is 2.48. The van der Waals surface area contributed by atoms with E-state index < -0.39 is 0 Å². The van der Waals surface area contributed by atoms with E-state index >= 15 is 0 Å². The molecular formula is C22H37N. The summed E-state index contributed by atoms with van der Waals surface area (Å²) in [6.07, 6.45) is 1.30. The molecule has 0 saturated carbocycles. The van der Waals surface area contributed by atoms with E-state index in [4.69, 9.17) is 4.98 Å². The molecule has 2 rings (SSSR count). The fourth-order valence-corrected chi connectivity index (χ4v) is 4.52. The lowest BCUT2D eigenvalue weighted by atomic mass is 9.66. The summed E-state index contributed by atoms with van der Waals surface area (Å²) in [6, 6.07) is 2.35. The van der Waals surface area contributed by atoms with Gasteiger partial charge in [-0.15, -0.1) is 0 Å². The Balaban J connectivity index is 2.73. The molecular weight excluding hydrogens is 278 g/mol. The topological polar surface area (TPSA) is 12.9 Å². The largest absolute Gasteiger partial charge is 0.258 e. The van der Waals surface area contributed by atoms with E-state index in [1.54, 1.807) is 11.1 Å². The standard InChI is InChI=1S/C22H37N/c1-12(2)19-10-14(5)16(7)17(8)18(9)22-21(19)20(13(3)4)11-15(6)23-22/h11-14,16-19H,10H2,1-9H3/t14-,16-,17-,18-,19?/m0/s1. The highest BCUT2D eigenvalue weighted by Gasteiger charge is 2.36. The first-order chi connectivity index (χ1) is 10.6. The van der Waals surface area contributed by atoms with Gasteiger partial charge in [-0.2, -0.15) is 0 Å². The van der Waals surface area contributed by atoms with Crippen LogP contribution < -0.4 is 0 Å². The summed E-state index contributed by atoms with van der Waals surface area (Å²) >= 11 is 0. The minimum absolute atomic E-state index is 0.543. The Bertz CT molecular complexity index is 543. The number of fused-ring (bicyclic) bond motifs is 1. The Morgan fingerprint density at radius 1 is 1.00 bits per heavy atom. The van der Waals surface area contributed by atoms with E-state index in [-0.39, 0.29) is 0 Å². The van der Waals surface area contributed by atoms with Crippen LogP contribution in [0.25, 0.3) is 0 Å². The molecule has 0 N–H and O–H groups in total. The first-order valence-electron chi connectivity index (χ1n) is 9.66. The van der Waals surface area contributed by atoms with Gasteiger partial charge in [0.25, 0.3) is 0 Å². The molecule has 1 aliphatic carbocycles.